The molecule has 0 saturated carbocycles. The molecule has 0 radical (unpaired) electrons. The molecule has 1 aliphatic heterocycles. The van der Waals surface area contributed by atoms with Crippen LogP contribution in [0.15, 0.2) is 18.2 Å². The van der Waals surface area contributed by atoms with E-state index in [1.165, 1.54) is 6.42 Å². The Morgan fingerprint density at radius 2 is 1.70 bits per heavy atom. The summed E-state index contributed by atoms with van der Waals surface area (Å²) in [5.41, 5.74) is 0.656. The Balaban J connectivity index is 2.20. The Morgan fingerprint density at radius 3 is 2.25 bits per heavy atom. The minimum Gasteiger partial charge on any atom is -0.493 e. The molecule has 1 amide bonds. The topological polar surface area (TPSA) is 38.8 Å². The molecule has 4 heteroatoms. The van der Waals surface area contributed by atoms with Crippen molar-refractivity contribution >= 4 is 5.91 Å². The number of nitrogens with zero attached hydrogens (tertiary/aromatic N) is 1. The number of hydrogen-bond donors (Lipinski definition) is 0. The summed E-state index contributed by atoms with van der Waals surface area (Å²) in [6.45, 7) is 6.06. The van der Waals surface area contributed by atoms with Crippen molar-refractivity contribution in [3.05, 3.63) is 23.8 Å². The largest absolute Gasteiger partial charge is 0.493 e. The van der Waals surface area contributed by atoms with Gasteiger partial charge in [0.25, 0.3) is 5.91 Å². The first-order chi connectivity index (χ1) is 9.55. The average Bonchev–Trinajstić information content (AvgIpc) is 2.44. The van der Waals surface area contributed by atoms with Gasteiger partial charge in [0, 0.05) is 18.7 Å². The SMILES string of the molecule is COc1ccc(C(=O)N2C[C@H](C)C[C@@H](C)C2)cc1OC. The molecule has 0 spiro atoms. The van der Waals surface area contributed by atoms with Crippen molar-refractivity contribution in [3.8, 4) is 11.5 Å². The molecule has 0 bridgehead atoms. The second kappa shape index (κ2) is 6.16. The third kappa shape index (κ3) is 3.06. The van der Waals surface area contributed by atoms with Crippen LogP contribution in [0.5, 0.6) is 11.5 Å². The van der Waals surface area contributed by atoms with Gasteiger partial charge in [0.2, 0.25) is 0 Å². The van der Waals surface area contributed by atoms with E-state index in [0.29, 0.717) is 28.9 Å². The lowest BCUT2D eigenvalue weighted by atomic mass is 9.91. The third-order valence-electron chi connectivity index (χ3n) is 3.79. The van der Waals surface area contributed by atoms with E-state index in [-0.39, 0.29) is 5.91 Å². The molecule has 1 saturated heterocycles. The Bertz CT molecular complexity index is 477. The van der Waals surface area contributed by atoms with Gasteiger partial charge in [-0.15, -0.1) is 0 Å². The van der Waals surface area contributed by atoms with E-state index >= 15 is 0 Å². The van der Waals surface area contributed by atoms with Crippen LogP contribution in [0.2, 0.25) is 0 Å². The van der Waals surface area contributed by atoms with Crippen molar-refractivity contribution in [2.75, 3.05) is 27.3 Å². The fourth-order valence-electron chi connectivity index (χ4n) is 2.98. The summed E-state index contributed by atoms with van der Waals surface area (Å²) in [7, 11) is 3.17. The molecule has 1 aromatic rings. The Labute approximate surface area is 120 Å². The predicted octanol–water partition coefficient (Wildman–Crippen LogP) is 2.82. The highest BCUT2D eigenvalue weighted by Crippen LogP contribution is 2.29. The minimum atomic E-state index is 0.0735. The number of benzene rings is 1. The zero-order valence-electron chi connectivity index (χ0n) is 12.7. The highest BCUT2D eigenvalue weighted by Gasteiger charge is 2.26. The van der Waals surface area contributed by atoms with Gasteiger partial charge in [-0.1, -0.05) is 13.8 Å². The van der Waals surface area contributed by atoms with Crippen LogP contribution >= 0.6 is 0 Å². The molecule has 20 heavy (non-hydrogen) atoms. The molecule has 1 heterocycles. The van der Waals surface area contributed by atoms with Gasteiger partial charge >= 0.3 is 0 Å². The molecule has 2 atom stereocenters. The summed E-state index contributed by atoms with van der Waals surface area (Å²) < 4.78 is 10.5. The normalized spacial score (nSPS) is 22.5. The number of ether oxygens (including phenoxy) is 2. The molecule has 2 rings (SSSR count). The zero-order chi connectivity index (χ0) is 14.7. The molecule has 0 aromatic heterocycles. The van der Waals surface area contributed by atoms with E-state index in [0.717, 1.165) is 13.1 Å². The van der Waals surface area contributed by atoms with Gasteiger partial charge in [-0.3, -0.25) is 4.79 Å². The van der Waals surface area contributed by atoms with Crippen LogP contribution < -0.4 is 9.47 Å². The standard InChI is InChI=1S/C16H23NO3/c1-11-7-12(2)10-17(9-11)16(18)13-5-6-14(19-3)15(8-13)20-4/h5-6,8,11-12H,7,9-10H2,1-4H3/t11-,12-/m1/s1. The number of hydrogen-bond acceptors (Lipinski definition) is 3. The van der Waals surface area contributed by atoms with Gasteiger partial charge in [-0.2, -0.15) is 0 Å². The van der Waals surface area contributed by atoms with Crippen LogP contribution in [0, 0.1) is 11.8 Å². The molecular formula is C16H23NO3. The van der Waals surface area contributed by atoms with E-state index in [2.05, 4.69) is 13.8 Å². The van der Waals surface area contributed by atoms with Gasteiger partial charge in [0.05, 0.1) is 14.2 Å². The first-order valence-electron chi connectivity index (χ1n) is 7.06. The van der Waals surface area contributed by atoms with Gasteiger partial charge in [0.15, 0.2) is 11.5 Å². The first-order valence-corrected chi connectivity index (χ1v) is 7.06. The van der Waals surface area contributed by atoms with Gasteiger partial charge in [-0.05, 0) is 36.5 Å². The highest BCUT2D eigenvalue weighted by molar-refractivity contribution is 5.95. The molecule has 0 aliphatic carbocycles. The van der Waals surface area contributed by atoms with Crippen LogP contribution in [-0.2, 0) is 0 Å². The third-order valence-corrected chi connectivity index (χ3v) is 3.79. The molecule has 4 nitrogen and oxygen atoms in total. The monoisotopic (exact) mass is 277 g/mol. The summed E-state index contributed by atoms with van der Waals surface area (Å²) in [6, 6.07) is 5.33. The Kier molecular flexibility index (Phi) is 4.53. The summed E-state index contributed by atoms with van der Waals surface area (Å²) in [5, 5.41) is 0. The highest BCUT2D eigenvalue weighted by atomic mass is 16.5. The smallest absolute Gasteiger partial charge is 0.254 e. The fourth-order valence-corrected chi connectivity index (χ4v) is 2.98. The molecule has 1 aromatic carbocycles. The van der Waals surface area contributed by atoms with E-state index in [4.69, 9.17) is 9.47 Å². The molecule has 1 aliphatic rings. The van der Waals surface area contributed by atoms with Crippen LogP contribution in [0.25, 0.3) is 0 Å². The number of carbonyl (C=O) groups is 1. The molecular weight excluding hydrogens is 254 g/mol. The number of amides is 1. The maximum atomic E-state index is 12.6. The average molecular weight is 277 g/mol. The van der Waals surface area contributed by atoms with Crippen LogP contribution in [0.4, 0.5) is 0 Å². The number of carbonyl (C=O) groups excluding carboxylic acids is 1. The maximum Gasteiger partial charge on any atom is 0.254 e. The van der Waals surface area contributed by atoms with Crippen LogP contribution in [0.3, 0.4) is 0 Å². The lowest BCUT2D eigenvalue weighted by Crippen LogP contribution is -2.42. The predicted molar refractivity (Wildman–Crippen MR) is 78.4 cm³/mol. The fraction of sp³-hybridized carbons (Fsp3) is 0.562. The summed E-state index contributed by atoms with van der Waals surface area (Å²) in [6.07, 6.45) is 1.19. The summed E-state index contributed by atoms with van der Waals surface area (Å²) in [4.78, 5) is 14.5. The summed E-state index contributed by atoms with van der Waals surface area (Å²) in [5.74, 6) is 2.43. The van der Waals surface area contributed by atoms with Crippen molar-refractivity contribution in [2.24, 2.45) is 11.8 Å². The van der Waals surface area contributed by atoms with E-state index in [9.17, 15) is 4.79 Å². The lowest BCUT2D eigenvalue weighted by Gasteiger charge is -2.35. The van der Waals surface area contributed by atoms with Crippen molar-refractivity contribution in [1.82, 2.24) is 4.90 Å². The molecule has 0 unspecified atom stereocenters. The maximum absolute atomic E-state index is 12.6. The van der Waals surface area contributed by atoms with Crippen molar-refractivity contribution < 1.29 is 14.3 Å². The lowest BCUT2D eigenvalue weighted by molar-refractivity contribution is 0.0622. The van der Waals surface area contributed by atoms with E-state index in [1.54, 1.807) is 32.4 Å². The van der Waals surface area contributed by atoms with E-state index in [1.807, 2.05) is 4.90 Å². The second-order valence-corrected chi connectivity index (χ2v) is 5.73. The van der Waals surface area contributed by atoms with Gasteiger partial charge < -0.3 is 14.4 Å². The summed E-state index contributed by atoms with van der Waals surface area (Å²) >= 11 is 0. The Hall–Kier alpha value is -1.71. The number of methoxy groups -OCH3 is 2. The quantitative estimate of drug-likeness (QED) is 0.852. The Morgan fingerprint density at radius 1 is 1.10 bits per heavy atom. The van der Waals surface area contributed by atoms with Gasteiger partial charge in [0.1, 0.15) is 0 Å². The molecule has 0 N–H and O–H groups in total. The number of piperidine rings is 1. The molecule has 1 fully saturated rings. The number of likely N-dealkylation sites (tertiary alicyclic amines) is 1. The van der Waals surface area contributed by atoms with Crippen molar-refractivity contribution in [1.29, 1.82) is 0 Å². The molecule has 110 valence electrons. The van der Waals surface area contributed by atoms with Crippen molar-refractivity contribution in [3.63, 3.8) is 0 Å². The second-order valence-electron chi connectivity index (χ2n) is 5.73. The van der Waals surface area contributed by atoms with Crippen LogP contribution in [-0.4, -0.2) is 38.1 Å². The van der Waals surface area contributed by atoms with Gasteiger partial charge in [-0.25, -0.2) is 0 Å². The zero-order valence-corrected chi connectivity index (χ0v) is 12.7. The first kappa shape index (κ1) is 14.7. The minimum absolute atomic E-state index is 0.0735. The van der Waals surface area contributed by atoms with E-state index < -0.39 is 0 Å². The van der Waals surface area contributed by atoms with Crippen molar-refractivity contribution in [2.45, 2.75) is 20.3 Å². The van der Waals surface area contributed by atoms with Crippen LogP contribution in [0.1, 0.15) is 30.6 Å². The number of rotatable bonds is 3.